The Kier molecular flexibility index (Phi) is 10.5. The van der Waals surface area contributed by atoms with Gasteiger partial charge < -0.3 is 36.7 Å². The third kappa shape index (κ3) is 7.84. The Balaban J connectivity index is 0. The molecule has 0 rings (SSSR count). The zero-order valence-corrected chi connectivity index (χ0v) is 10.8. The molecule has 18 heavy (non-hydrogen) atoms. The highest BCUT2D eigenvalue weighted by atomic mass is 16.6. The van der Waals surface area contributed by atoms with E-state index in [1.807, 2.05) is 0 Å². The minimum Gasteiger partial charge on any atom is -0.394 e. The van der Waals surface area contributed by atoms with E-state index >= 15 is 0 Å². The molecule has 0 fully saturated rings. The van der Waals surface area contributed by atoms with Crippen LogP contribution in [0.4, 0.5) is 0 Å². The van der Waals surface area contributed by atoms with Gasteiger partial charge in [-0.3, -0.25) is 0 Å². The van der Waals surface area contributed by atoms with Crippen LogP contribution in [0, 0.1) is 0 Å². The van der Waals surface area contributed by atoms with Crippen LogP contribution in [0.3, 0.4) is 0 Å². The van der Waals surface area contributed by atoms with Crippen LogP contribution in [-0.4, -0.2) is 98.9 Å². The van der Waals surface area contributed by atoms with Crippen LogP contribution >= 0.6 is 0 Å². The Morgan fingerprint density at radius 2 is 1.06 bits per heavy atom. The Morgan fingerprint density at radius 3 is 1.06 bits per heavy atom. The number of aliphatic hydroxyl groups is 3. The molecule has 0 heterocycles. The van der Waals surface area contributed by atoms with Crippen LogP contribution in [0.2, 0.25) is 0 Å². The maximum atomic E-state index is 8.78. The van der Waals surface area contributed by atoms with E-state index in [-0.39, 0.29) is 0 Å². The molecule has 0 aromatic heterocycles. The van der Waals surface area contributed by atoms with Gasteiger partial charge in [0.05, 0.1) is 25.4 Å². The lowest BCUT2D eigenvalue weighted by molar-refractivity contribution is -0.330. The second kappa shape index (κ2) is 9.52. The first kappa shape index (κ1) is 19.9. The summed E-state index contributed by atoms with van der Waals surface area (Å²) in [5.41, 5.74) is 3.94. The molecule has 0 aliphatic rings. The van der Waals surface area contributed by atoms with Gasteiger partial charge in [0.2, 0.25) is 0 Å². The third-order valence-electron chi connectivity index (χ3n) is 1.95. The summed E-state index contributed by atoms with van der Waals surface area (Å²) in [6.45, 7) is -1.21. The van der Waals surface area contributed by atoms with Crippen molar-refractivity contribution in [2.24, 2.45) is 5.73 Å². The maximum Gasteiger partial charge on any atom is 0.184 e. The molecule has 0 aliphatic heterocycles. The van der Waals surface area contributed by atoms with Crippen LogP contribution in [0.15, 0.2) is 0 Å². The molecule has 8 N–H and O–H groups in total. The van der Waals surface area contributed by atoms with Gasteiger partial charge in [0.15, 0.2) is 6.29 Å². The lowest BCUT2D eigenvalue weighted by atomic mass is 10.1. The first-order valence-corrected chi connectivity index (χ1v) is 5.01. The van der Waals surface area contributed by atoms with Gasteiger partial charge in [-0.2, -0.15) is 15.2 Å². The minimum absolute atomic E-state index is 0.403. The number of hydrogen-bond donors (Lipinski definition) is 7. The molecule has 0 saturated heterocycles. The highest BCUT2D eigenvalue weighted by Crippen LogP contribution is 1.97. The summed E-state index contributed by atoms with van der Waals surface area (Å²) >= 11 is 0. The first-order chi connectivity index (χ1) is 8.15. The Labute approximate surface area is 106 Å². The lowest BCUT2D eigenvalue weighted by Gasteiger charge is -2.30. The van der Waals surface area contributed by atoms with Crippen LogP contribution in [0.5, 0.6) is 0 Å². The number of aliphatic hydroxyl groups excluding tert-OH is 3. The van der Waals surface area contributed by atoms with E-state index in [9.17, 15) is 0 Å². The predicted molar refractivity (Wildman–Crippen MR) is 60.6 cm³/mol. The molecular weight excluding hydrogens is 248 g/mol. The molecular formula is C8H24N4O6. The van der Waals surface area contributed by atoms with Gasteiger partial charge in [-0.05, 0) is 0 Å². The Hall–Kier alpha value is -0.400. The third-order valence-corrected chi connectivity index (χ3v) is 1.95. The standard InChI is InChI=1S/C4H13N3O3.C4H11NO3/c1-5(8)4(6(2)9)7(3)10;5-4(1-6,2-7)3-8/h4,8-10H,1-3H3;6-8H,1-3,5H2. The van der Waals surface area contributed by atoms with Gasteiger partial charge in [0.1, 0.15) is 0 Å². The molecule has 0 saturated carbocycles. The number of hydroxylamine groups is 6. The second-order valence-electron chi connectivity index (χ2n) is 3.90. The van der Waals surface area contributed by atoms with E-state index in [0.29, 0.717) is 15.2 Å². The fraction of sp³-hybridized carbons (Fsp3) is 1.00. The van der Waals surface area contributed by atoms with Gasteiger partial charge in [-0.25, -0.2) is 0 Å². The van der Waals surface area contributed by atoms with Crippen LogP contribution in [-0.2, 0) is 0 Å². The van der Waals surface area contributed by atoms with E-state index in [2.05, 4.69) is 0 Å². The number of rotatable bonds is 6. The molecule has 10 heteroatoms. The average Bonchev–Trinajstić information content (AvgIpc) is 2.27. The van der Waals surface area contributed by atoms with E-state index in [1.54, 1.807) is 0 Å². The van der Waals surface area contributed by atoms with Crippen LogP contribution < -0.4 is 5.73 Å². The molecule has 0 aromatic carbocycles. The number of nitrogens with zero attached hydrogens (tertiary/aromatic N) is 3. The summed E-state index contributed by atoms with van der Waals surface area (Å²) in [6, 6.07) is 0. The fourth-order valence-electron chi connectivity index (χ4n) is 0.876. The second-order valence-corrected chi connectivity index (χ2v) is 3.90. The van der Waals surface area contributed by atoms with Gasteiger partial charge in [0.25, 0.3) is 0 Å². The molecule has 0 aliphatic carbocycles. The normalized spacial score (nSPS) is 12.3. The summed E-state index contributed by atoms with van der Waals surface area (Å²) in [7, 11) is 3.93. The van der Waals surface area contributed by atoms with Crippen molar-refractivity contribution in [1.29, 1.82) is 0 Å². The summed E-state index contributed by atoms with van der Waals surface area (Å²) < 4.78 is 0. The number of nitrogens with two attached hydrogens (primary N) is 1. The Bertz CT molecular complexity index is 173. The van der Waals surface area contributed by atoms with Gasteiger partial charge >= 0.3 is 0 Å². The number of hydrogen-bond acceptors (Lipinski definition) is 10. The van der Waals surface area contributed by atoms with Crippen molar-refractivity contribution >= 4 is 0 Å². The van der Waals surface area contributed by atoms with E-state index in [0.717, 1.165) is 0 Å². The van der Waals surface area contributed by atoms with E-state index in [1.165, 1.54) is 21.1 Å². The zero-order valence-electron chi connectivity index (χ0n) is 10.8. The molecule has 0 spiro atoms. The van der Waals surface area contributed by atoms with E-state index in [4.69, 9.17) is 36.7 Å². The van der Waals surface area contributed by atoms with Crippen LogP contribution in [0.1, 0.15) is 0 Å². The van der Waals surface area contributed by atoms with Crippen molar-refractivity contribution in [2.75, 3.05) is 41.0 Å². The highest BCUT2D eigenvalue weighted by molar-refractivity contribution is 4.80. The SMILES string of the molecule is CN(O)C(N(C)O)N(C)O.NC(CO)(CO)CO. The molecule has 0 radical (unpaired) electrons. The molecule has 0 unspecified atom stereocenters. The van der Waals surface area contributed by atoms with Crippen molar-refractivity contribution in [3.8, 4) is 0 Å². The monoisotopic (exact) mass is 272 g/mol. The first-order valence-electron chi connectivity index (χ1n) is 5.01. The molecule has 10 nitrogen and oxygen atoms in total. The topological polar surface area (TPSA) is 157 Å². The van der Waals surface area contributed by atoms with Gasteiger partial charge in [-0.15, -0.1) is 0 Å². The van der Waals surface area contributed by atoms with Crippen molar-refractivity contribution < 1.29 is 30.9 Å². The molecule has 0 aromatic rings. The maximum absolute atomic E-state index is 8.78. The molecule has 0 amide bonds. The minimum atomic E-state index is -1.21. The summed E-state index contributed by atoms with van der Waals surface area (Å²) in [4.78, 5) is 0. The summed E-state index contributed by atoms with van der Waals surface area (Å²) in [5, 5.41) is 53.4. The van der Waals surface area contributed by atoms with Gasteiger partial charge in [-0.1, -0.05) is 0 Å². The quantitative estimate of drug-likeness (QED) is 0.195. The van der Waals surface area contributed by atoms with Crippen molar-refractivity contribution in [3.63, 3.8) is 0 Å². The largest absolute Gasteiger partial charge is 0.394 e. The molecule has 112 valence electrons. The molecule has 0 atom stereocenters. The Morgan fingerprint density at radius 1 is 0.833 bits per heavy atom. The summed E-state index contributed by atoms with van der Waals surface area (Å²) in [6.07, 6.45) is -0.944. The van der Waals surface area contributed by atoms with E-state index < -0.39 is 31.6 Å². The predicted octanol–water partition coefficient (Wildman–Crippen LogP) is -3.11. The zero-order chi connectivity index (χ0) is 14.9. The average molecular weight is 272 g/mol. The highest BCUT2D eigenvalue weighted by Gasteiger charge is 2.21. The van der Waals surface area contributed by atoms with Gasteiger partial charge in [0, 0.05) is 21.1 Å². The van der Waals surface area contributed by atoms with Crippen molar-refractivity contribution in [2.45, 2.75) is 11.8 Å². The fourth-order valence-corrected chi connectivity index (χ4v) is 0.876. The molecule has 0 bridgehead atoms. The smallest absolute Gasteiger partial charge is 0.184 e. The lowest BCUT2D eigenvalue weighted by Crippen LogP contribution is -2.51. The van der Waals surface area contributed by atoms with Crippen molar-refractivity contribution in [1.82, 2.24) is 15.2 Å². The van der Waals surface area contributed by atoms with Crippen LogP contribution in [0.25, 0.3) is 0 Å². The van der Waals surface area contributed by atoms with Crippen molar-refractivity contribution in [3.05, 3.63) is 0 Å². The summed E-state index contributed by atoms with van der Waals surface area (Å²) in [5.74, 6) is 0.